The average molecular weight is 220 g/mol. The summed E-state index contributed by atoms with van der Waals surface area (Å²) in [7, 11) is 0. The smallest absolute Gasteiger partial charge is 0.158 e. The van der Waals surface area contributed by atoms with E-state index in [1.807, 2.05) is 13.8 Å². The van der Waals surface area contributed by atoms with Crippen molar-refractivity contribution in [2.45, 2.75) is 40.0 Å². The van der Waals surface area contributed by atoms with Crippen molar-refractivity contribution in [1.29, 1.82) is 5.26 Å². The first-order chi connectivity index (χ1) is 7.51. The Morgan fingerprint density at radius 1 is 1.62 bits per heavy atom. The molecule has 0 amide bonds. The van der Waals surface area contributed by atoms with Crippen molar-refractivity contribution in [3.8, 4) is 6.07 Å². The quantitative estimate of drug-likeness (QED) is 0.740. The lowest BCUT2D eigenvalue weighted by Gasteiger charge is -2.34. The van der Waals surface area contributed by atoms with E-state index in [9.17, 15) is 10.1 Å². The first kappa shape index (κ1) is 12.8. The largest absolute Gasteiger partial charge is 0.387 e. The maximum atomic E-state index is 11.6. The number of nitrogens with one attached hydrogen (secondary N) is 1. The van der Waals surface area contributed by atoms with Crippen molar-refractivity contribution >= 4 is 5.78 Å². The van der Waals surface area contributed by atoms with Crippen LogP contribution in [0.1, 0.15) is 40.0 Å². The summed E-state index contributed by atoms with van der Waals surface area (Å²) in [6, 6.07) is 2.31. The molecule has 1 unspecified atom stereocenters. The highest BCUT2D eigenvalue weighted by Gasteiger charge is 2.37. The molecule has 1 aliphatic carbocycles. The number of unbranched alkanes of at least 4 members (excludes halogenated alkanes) is 1. The summed E-state index contributed by atoms with van der Waals surface area (Å²) in [6.45, 7) is 6.91. The fraction of sp³-hybridized carbons (Fsp3) is 0.692. The molecule has 16 heavy (non-hydrogen) atoms. The van der Waals surface area contributed by atoms with Crippen molar-refractivity contribution in [2.75, 3.05) is 6.54 Å². The molecule has 1 aliphatic rings. The van der Waals surface area contributed by atoms with E-state index in [2.05, 4.69) is 18.3 Å². The Kier molecular flexibility index (Phi) is 4.12. The van der Waals surface area contributed by atoms with E-state index in [1.165, 1.54) is 0 Å². The molecule has 1 rings (SSSR count). The van der Waals surface area contributed by atoms with Gasteiger partial charge in [0.25, 0.3) is 0 Å². The van der Waals surface area contributed by atoms with Crippen molar-refractivity contribution in [3.63, 3.8) is 0 Å². The minimum Gasteiger partial charge on any atom is -0.387 e. The third kappa shape index (κ3) is 2.85. The first-order valence-electron chi connectivity index (χ1n) is 5.89. The molecule has 0 heterocycles. The van der Waals surface area contributed by atoms with Crippen LogP contribution < -0.4 is 5.32 Å². The van der Waals surface area contributed by atoms with Gasteiger partial charge in [-0.15, -0.1) is 0 Å². The molecule has 0 radical (unpaired) electrons. The van der Waals surface area contributed by atoms with E-state index in [0.29, 0.717) is 6.42 Å². The third-order valence-corrected chi connectivity index (χ3v) is 3.03. The number of rotatable bonds is 4. The Bertz CT molecular complexity index is 336. The Labute approximate surface area is 97.5 Å². The number of hydrogen-bond acceptors (Lipinski definition) is 3. The van der Waals surface area contributed by atoms with E-state index in [0.717, 1.165) is 25.1 Å². The number of nitrogens with zero attached hydrogens (tertiary/aromatic N) is 1. The van der Waals surface area contributed by atoms with E-state index in [4.69, 9.17) is 0 Å². The zero-order valence-electron chi connectivity index (χ0n) is 10.3. The van der Waals surface area contributed by atoms with Gasteiger partial charge in [0.1, 0.15) is 0 Å². The summed E-state index contributed by atoms with van der Waals surface area (Å²) in [5.41, 5.74) is 0.548. The predicted octanol–water partition coefficient (Wildman–Crippen LogP) is 2.40. The van der Waals surface area contributed by atoms with Crippen molar-refractivity contribution in [3.05, 3.63) is 11.8 Å². The molecule has 0 bridgehead atoms. The van der Waals surface area contributed by atoms with Crippen LogP contribution >= 0.6 is 0 Å². The summed E-state index contributed by atoms with van der Waals surface area (Å²) in [6.07, 6.45) is 4.23. The summed E-state index contributed by atoms with van der Waals surface area (Å²) in [4.78, 5) is 11.6. The Balaban J connectivity index is 2.79. The Hall–Kier alpha value is -1.30. The minimum absolute atomic E-state index is 0.121. The minimum atomic E-state index is -0.255. The SMILES string of the molecule is CCCCNC1=CC(=O)CC(C)(C)C1C#N. The number of ketones is 1. The number of carbonyl (C=O) groups excluding carboxylic acids is 1. The average Bonchev–Trinajstić information content (AvgIpc) is 2.16. The molecular weight excluding hydrogens is 200 g/mol. The fourth-order valence-electron chi connectivity index (χ4n) is 2.09. The van der Waals surface area contributed by atoms with Gasteiger partial charge in [0.2, 0.25) is 0 Å². The second-order valence-corrected chi connectivity index (χ2v) is 5.07. The maximum Gasteiger partial charge on any atom is 0.158 e. The monoisotopic (exact) mass is 220 g/mol. The Morgan fingerprint density at radius 2 is 2.31 bits per heavy atom. The zero-order chi connectivity index (χ0) is 12.2. The van der Waals surface area contributed by atoms with Crippen LogP contribution in [0.3, 0.4) is 0 Å². The summed E-state index contributed by atoms with van der Waals surface area (Å²) in [5.74, 6) is -0.0717. The number of carbonyl (C=O) groups is 1. The van der Waals surface area contributed by atoms with Crippen molar-refractivity contribution in [1.82, 2.24) is 5.32 Å². The number of hydrogen-bond donors (Lipinski definition) is 1. The number of allylic oxidation sites excluding steroid dienone is 2. The summed E-state index contributed by atoms with van der Waals surface area (Å²) < 4.78 is 0. The van der Waals surface area contributed by atoms with Gasteiger partial charge in [-0.3, -0.25) is 4.79 Å². The maximum absolute atomic E-state index is 11.6. The van der Waals surface area contributed by atoms with E-state index >= 15 is 0 Å². The van der Waals surface area contributed by atoms with Crippen LogP contribution in [0.15, 0.2) is 11.8 Å². The van der Waals surface area contributed by atoms with Crippen LogP contribution in [0.5, 0.6) is 0 Å². The Morgan fingerprint density at radius 3 is 2.88 bits per heavy atom. The molecule has 0 aromatic heterocycles. The first-order valence-corrected chi connectivity index (χ1v) is 5.89. The number of nitriles is 1. The van der Waals surface area contributed by atoms with Gasteiger partial charge in [0.15, 0.2) is 5.78 Å². The molecular formula is C13H20N2O. The van der Waals surface area contributed by atoms with Gasteiger partial charge in [0, 0.05) is 24.7 Å². The zero-order valence-corrected chi connectivity index (χ0v) is 10.3. The van der Waals surface area contributed by atoms with Crippen LogP contribution in [-0.4, -0.2) is 12.3 Å². The van der Waals surface area contributed by atoms with Crippen molar-refractivity contribution < 1.29 is 4.79 Å². The van der Waals surface area contributed by atoms with Gasteiger partial charge in [0.05, 0.1) is 12.0 Å². The molecule has 0 aromatic carbocycles. The van der Waals surface area contributed by atoms with Crippen LogP contribution in [0.4, 0.5) is 0 Å². The van der Waals surface area contributed by atoms with Crippen LogP contribution in [-0.2, 0) is 4.79 Å². The van der Waals surface area contributed by atoms with Gasteiger partial charge in [-0.25, -0.2) is 0 Å². The molecule has 0 aliphatic heterocycles. The molecule has 1 N–H and O–H groups in total. The second kappa shape index (κ2) is 5.16. The standard InChI is InChI=1S/C13H20N2O/c1-4-5-6-15-12-7-10(16)8-13(2,3)11(12)9-14/h7,11,15H,4-6,8H2,1-3H3. The summed E-state index contributed by atoms with van der Waals surface area (Å²) >= 11 is 0. The molecule has 0 saturated carbocycles. The van der Waals surface area contributed by atoms with Gasteiger partial charge in [-0.1, -0.05) is 27.2 Å². The van der Waals surface area contributed by atoms with E-state index in [-0.39, 0.29) is 17.1 Å². The molecule has 1 atom stereocenters. The van der Waals surface area contributed by atoms with Gasteiger partial charge < -0.3 is 5.32 Å². The van der Waals surface area contributed by atoms with Crippen LogP contribution in [0.2, 0.25) is 0 Å². The third-order valence-electron chi connectivity index (χ3n) is 3.03. The fourth-order valence-corrected chi connectivity index (χ4v) is 2.09. The van der Waals surface area contributed by atoms with E-state index in [1.54, 1.807) is 6.08 Å². The molecule has 3 nitrogen and oxygen atoms in total. The predicted molar refractivity (Wildman–Crippen MR) is 63.5 cm³/mol. The second-order valence-electron chi connectivity index (χ2n) is 5.07. The molecule has 0 spiro atoms. The highest BCUT2D eigenvalue weighted by molar-refractivity contribution is 5.92. The highest BCUT2D eigenvalue weighted by atomic mass is 16.1. The van der Waals surface area contributed by atoms with Crippen LogP contribution in [0.25, 0.3) is 0 Å². The molecule has 88 valence electrons. The van der Waals surface area contributed by atoms with Gasteiger partial charge in [-0.05, 0) is 11.8 Å². The normalized spacial score (nSPS) is 23.5. The summed E-state index contributed by atoms with van der Waals surface area (Å²) in [5, 5.41) is 12.4. The topological polar surface area (TPSA) is 52.9 Å². The van der Waals surface area contributed by atoms with Crippen LogP contribution in [0, 0.1) is 22.7 Å². The van der Waals surface area contributed by atoms with E-state index < -0.39 is 0 Å². The molecule has 0 saturated heterocycles. The molecule has 3 heteroatoms. The lowest BCUT2D eigenvalue weighted by molar-refractivity contribution is -0.117. The van der Waals surface area contributed by atoms with Crippen molar-refractivity contribution in [2.24, 2.45) is 11.3 Å². The lowest BCUT2D eigenvalue weighted by Crippen LogP contribution is -2.36. The van der Waals surface area contributed by atoms with Gasteiger partial charge >= 0.3 is 0 Å². The lowest BCUT2D eigenvalue weighted by atomic mass is 9.70. The molecule has 0 fully saturated rings. The van der Waals surface area contributed by atoms with Gasteiger partial charge in [-0.2, -0.15) is 5.26 Å². The molecule has 0 aromatic rings. The highest BCUT2D eigenvalue weighted by Crippen LogP contribution is 2.38.